The molecule has 0 bridgehead atoms. The molecule has 1 aromatic carbocycles. The number of epoxide rings is 1. The molecule has 1 heterocycles. The largest absolute Gasteiger partial charge is 0.504 e. The average molecular weight is 198 g/mol. The van der Waals surface area contributed by atoms with Crippen molar-refractivity contribution in [3.63, 3.8) is 0 Å². The summed E-state index contributed by atoms with van der Waals surface area (Å²) >= 11 is 0. The van der Waals surface area contributed by atoms with E-state index in [2.05, 4.69) is 0 Å². The van der Waals surface area contributed by atoms with Gasteiger partial charge in [-0.2, -0.15) is 0 Å². The van der Waals surface area contributed by atoms with E-state index in [4.69, 9.17) is 14.6 Å². The lowest BCUT2D eigenvalue weighted by Gasteiger charge is -2.03. The summed E-state index contributed by atoms with van der Waals surface area (Å²) < 4.78 is 9.97. The molecule has 14 heavy (non-hydrogen) atoms. The molecule has 1 saturated heterocycles. The maximum absolute atomic E-state index is 9.21. The molecule has 2 atom stereocenters. The van der Waals surface area contributed by atoms with E-state index in [-0.39, 0.29) is 23.9 Å². The summed E-state index contributed by atoms with van der Waals surface area (Å²) in [5, 5.41) is 27.5. The molecule has 2 rings (SSSR count). The monoisotopic (exact) mass is 198 g/mol. The highest BCUT2D eigenvalue weighted by Gasteiger charge is 2.41. The first-order chi connectivity index (χ1) is 6.63. The van der Waals surface area contributed by atoms with E-state index in [1.807, 2.05) is 0 Å². The van der Waals surface area contributed by atoms with Crippen molar-refractivity contribution in [1.82, 2.24) is 0 Å². The number of rotatable bonds is 2. The molecule has 1 aliphatic rings. The number of phenolic OH excluding ortho intramolecular Hbond substituents is 3. The molecular formula is C9H10O5. The van der Waals surface area contributed by atoms with Crippen LogP contribution in [0.15, 0.2) is 12.1 Å². The first kappa shape index (κ1) is 9.11. The predicted octanol–water partition coefficient (Wildman–Crippen LogP) is 0.847. The van der Waals surface area contributed by atoms with Gasteiger partial charge in [0.1, 0.15) is 6.10 Å². The summed E-state index contributed by atoms with van der Waals surface area (Å²) in [4.78, 5) is 0. The maximum Gasteiger partial charge on any atom is 0.200 e. The zero-order valence-electron chi connectivity index (χ0n) is 7.47. The Bertz CT molecular complexity index is 339. The Balaban J connectivity index is 2.28. The lowest BCUT2D eigenvalue weighted by Crippen LogP contribution is -1.90. The van der Waals surface area contributed by atoms with Crippen molar-refractivity contribution >= 4 is 0 Å². The van der Waals surface area contributed by atoms with Gasteiger partial charge in [-0.25, -0.2) is 0 Å². The van der Waals surface area contributed by atoms with E-state index >= 15 is 0 Å². The first-order valence-electron chi connectivity index (χ1n) is 4.06. The van der Waals surface area contributed by atoms with Gasteiger partial charge in [-0.15, -0.1) is 0 Å². The summed E-state index contributed by atoms with van der Waals surface area (Å²) in [7, 11) is 1.50. The number of hydrogen-bond acceptors (Lipinski definition) is 5. The molecule has 1 aromatic rings. The minimum atomic E-state index is -0.525. The number of phenols is 3. The van der Waals surface area contributed by atoms with Crippen LogP contribution in [0.3, 0.4) is 0 Å². The van der Waals surface area contributed by atoms with Crippen LogP contribution in [0.25, 0.3) is 0 Å². The Morgan fingerprint density at radius 1 is 1.21 bits per heavy atom. The van der Waals surface area contributed by atoms with Crippen LogP contribution in [0, 0.1) is 0 Å². The molecule has 5 heteroatoms. The molecule has 2 unspecified atom stereocenters. The van der Waals surface area contributed by atoms with Gasteiger partial charge in [0.25, 0.3) is 0 Å². The van der Waals surface area contributed by atoms with E-state index < -0.39 is 5.75 Å². The van der Waals surface area contributed by atoms with Crippen LogP contribution in [0.1, 0.15) is 11.7 Å². The van der Waals surface area contributed by atoms with E-state index in [0.29, 0.717) is 5.56 Å². The predicted molar refractivity (Wildman–Crippen MR) is 46.1 cm³/mol. The van der Waals surface area contributed by atoms with Gasteiger partial charge in [0.05, 0.1) is 0 Å². The van der Waals surface area contributed by atoms with E-state index in [1.54, 1.807) is 0 Å². The maximum atomic E-state index is 9.21. The van der Waals surface area contributed by atoms with Crippen LogP contribution in [-0.4, -0.2) is 28.7 Å². The molecule has 0 aliphatic carbocycles. The molecule has 5 nitrogen and oxygen atoms in total. The zero-order chi connectivity index (χ0) is 10.3. The van der Waals surface area contributed by atoms with Gasteiger partial charge >= 0.3 is 0 Å². The summed E-state index contributed by atoms with van der Waals surface area (Å²) in [5.41, 5.74) is 0.574. The molecule has 0 saturated carbocycles. The Labute approximate surface area is 80.1 Å². The standard InChI is InChI=1S/C9H10O5/c1-13-9-8(14-9)4-2-5(10)7(12)6(11)3-4/h2-3,8-12H,1H3. The lowest BCUT2D eigenvalue weighted by atomic mass is 10.1. The topological polar surface area (TPSA) is 82.5 Å². The van der Waals surface area contributed by atoms with Crippen molar-refractivity contribution in [2.24, 2.45) is 0 Å². The third-order valence-corrected chi connectivity index (χ3v) is 2.10. The van der Waals surface area contributed by atoms with E-state index in [0.717, 1.165) is 0 Å². The van der Waals surface area contributed by atoms with Gasteiger partial charge in [-0.05, 0) is 17.7 Å². The highest BCUT2D eigenvalue weighted by atomic mass is 16.8. The Kier molecular flexibility index (Phi) is 1.98. The van der Waals surface area contributed by atoms with Crippen molar-refractivity contribution in [2.45, 2.75) is 12.4 Å². The Hall–Kier alpha value is -1.46. The highest BCUT2D eigenvalue weighted by molar-refractivity contribution is 5.52. The summed E-state index contributed by atoms with van der Waals surface area (Å²) in [5.74, 6) is -1.26. The van der Waals surface area contributed by atoms with E-state index in [9.17, 15) is 10.2 Å². The van der Waals surface area contributed by atoms with Crippen LogP contribution in [-0.2, 0) is 9.47 Å². The molecule has 76 valence electrons. The minimum absolute atomic E-state index is 0.280. The van der Waals surface area contributed by atoms with Crippen LogP contribution >= 0.6 is 0 Å². The second-order valence-corrected chi connectivity index (χ2v) is 3.07. The molecule has 3 N–H and O–H groups in total. The Morgan fingerprint density at radius 3 is 2.21 bits per heavy atom. The van der Waals surface area contributed by atoms with Crippen molar-refractivity contribution in [3.8, 4) is 17.2 Å². The van der Waals surface area contributed by atoms with Gasteiger partial charge < -0.3 is 24.8 Å². The van der Waals surface area contributed by atoms with Gasteiger partial charge in [0, 0.05) is 7.11 Å². The molecule has 1 aliphatic heterocycles. The van der Waals surface area contributed by atoms with Gasteiger partial charge in [-0.3, -0.25) is 0 Å². The molecule has 0 aromatic heterocycles. The second-order valence-electron chi connectivity index (χ2n) is 3.07. The molecule has 1 fully saturated rings. The molecule has 0 amide bonds. The van der Waals surface area contributed by atoms with Gasteiger partial charge in [0.15, 0.2) is 23.5 Å². The number of methoxy groups -OCH3 is 1. The highest BCUT2D eigenvalue weighted by Crippen LogP contribution is 2.44. The van der Waals surface area contributed by atoms with Crippen molar-refractivity contribution in [1.29, 1.82) is 0 Å². The smallest absolute Gasteiger partial charge is 0.200 e. The van der Waals surface area contributed by atoms with Crippen LogP contribution in [0.5, 0.6) is 17.2 Å². The third-order valence-electron chi connectivity index (χ3n) is 2.10. The SMILES string of the molecule is COC1OC1c1cc(O)c(O)c(O)c1. The fourth-order valence-electron chi connectivity index (χ4n) is 1.30. The second kappa shape index (κ2) is 3.04. The minimum Gasteiger partial charge on any atom is -0.504 e. The summed E-state index contributed by atoms with van der Waals surface area (Å²) in [6.45, 7) is 0. The molecular weight excluding hydrogens is 188 g/mol. The molecule has 0 radical (unpaired) electrons. The average Bonchev–Trinajstić information content (AvgIpc) is 2.92. The van der Waals surface area contributed by atoms with Crippen LogP contribution < -0.4 is 0 Å². The quantitative estimate of drug-likeness (QED) is 0.484. The van der Waals surface area contributed by atoms with Crippen molar-refractivity contribution in [3.05, 3.63) is 17.7 Å². The van der Waals surface area contributed by atoms with Crippen molar-refractivity contribution in [2.75, 3.05) is 7.11 Å². The van der Waals surface area contributed by atoms with Crippen LogP contribution in [0.2, 0.25) is 0 Å². The first-order valence-corrected chi connectivity index (χ1v) is 4.06. The number of ether oxygens (including phenoxy) is 2. The Morgan fingerprint density at radius 2 is 1.79 bits per heavy atom. The fraction of sp³-hybridized carbons (Fsp3) is 0.333. The number of hydrogen-bond donors (Lipinski definition) is 3. The van der Waals surface area contributed by atoms with Gasteiger partial charge in [0.2, 0.25) is 0 Å². The zero-order valence-corrected chi connectivity index (χ0v) is 7.47. The summed E-state index contributed by atoms with van der Waals surface area (Å²) in [6, 6.07) is 2.66. The lowest BCUT2D eigenvalue weighted by molar-refractivity contribution is 0.0950. The van der Waals surface area contributed by atoms with Gasteiger partial charge in [-0.1, -0.05) is 0 Å². The normalized spacial score (nSPS) is 24.9. The number of aromatic hydroxyl groups is 3. The third kappa shape index (κ3) is 1.36. The fourth-order valence-corrected chi connectivity index (χ4v) is 1.30. The van der Waals surface area contributed by atoms with Crippen LogP contribution in [0.4, 0.5) is 0 Å². The summed E-state index contributed by atoms with van der Waals surface area (Å²) in [6.07, 6.45) is -0.615. The van der Waals surface area contributed by atoms with E-state index in [1.165, 1.54) is 19.2 Å². The number of benzene rings is 1. The van der Waals surface area contributed by atoms with Crippen molar-refractivity contribution < 1.29 is 24.8 Å². The molecule has 0 spiro atoms.